The number of rotatable bonds is 8. The van der Waals surface area contributed by atoms with Gasteiger partial charge >= 0.3 is 0 Å². The predicted octanol–water partition coefficient (Wildman–Crippen LogP) is 2.05. The van der Waals surface area contributed by atoms with Crippen LogP contribution >= 0.6 is 0 Å². The zero-order valence-electron chi connectivity index (χ0n) is 8.73. The van der Waals surface area contributed by atoms with Crippen LogP contribution in [0.4, 0.5) is 0 Å². The van der Waals surface area contributed by atoms with E-state index in [0.717, 1.165) is 32.2 Å². The lowest BCUT2D eigenvalue weighted by atomic mass is 10.1. The van der Waals surface area contributed by atoms with E-state index in [0.29, 0.717) is 0 Å². The van der Waals surface area contributed by atoms with Gasteiger partial charge in [0.15, 0.2) is 0 Å². The molecule has 0 aromatic heterocycles. The number of ether oxygens (including phenoxy) is 1. The lowest BCUT2D eigenvalue weighted by Gasteiger charge is -2.10. The Morgan fingerprint density at radius 2 is 2.08 bits per heavy atom. The molecule has 2 heteroatoms. The fraction of sp³-hybridized carbons (Fsp3) is 1.00. The van der Waals surface area contributed by atoms with E-state index in [-0.39, 0.29) is 0 Å². The molecule has 12 heavy (non-hydrogen) atoms. The second-order valence-corrected chi connectivity index (χ2v) is 3.29. The molecule has 0 fully saturated rings. The monoisotopic (exact) mass is 173 g/mol. The second kappa shape index (κ2) is 9.01. The van der Waals surface area contributed by atoms with Gasteiger partial charge in [0.05, 0.1) is 6.61 Å². The van der Waals surface area contributed by atoms with E-state index >= 15 is 0 Å². The summed E-state index contributed by atoms with van der Waals surface area (Å²) in [5.74, 6) is 0.802. The Kier molecular flexibility index (Phi) is 8.95. The Morgan fingerprint density at radius 1 is 1.33 bits per heavy atom. The Labute approximate surface area is 76.7 Å². The summed E-state index contributed by atoms with van der Waals surface area (Å²) >= 11 is 0. The normalized spacial score (nSPS) is 13.2. The van der Waals surface area contributed by atoms with E-state index in [1.165, 1.54) is 12.8 Å². The molecular weight excluding hydrogens is 150 g/mol. The Hall–Kier alpha value is -0.0800. The van der Waals surface area contributed by atoms with Gasteiger partial charge in [0, 0.05) is 13.2 Å². The van der Waals surface area contributed by atoms with Crippen molar-refractivity contribution in [2.75, 3.05) is 26.3 Å². The van der Waals surface area contributed by atoms with Gasteiger partial charge in [-0.1, -0.05) is 20.3 Å². The molecule has 0 radical (unpaired) electrons. The average Bonchev–Trinajstić information content (AvgIpc) is 2.05. The molecule has 1 atom stereocenters. The summed E-state index contributed by atoms with van der Waals surface area (Å²) in [5.41, 5.74) is 0. The van der Waals surface area contributed by atoms with Crippen LogP contribution in [0.3, 0.4) is 0 Å². The molecule has 2 nitrogen and oxygen atoms in total. The van der Waals surface area contributed by atoms with Crippen LogP contribution in [0.5, 0.6) is 0 Å². The van der Waals surface area contributed by atoms with Crippen LogP contribution in [0.25, 0.3) is 0 Å². The third-order valence-corrected chi connectivity index (χ3v) is 1.90. The van der Waals surface area contributed by atoms with Gasteiger partial charge in [0.2, 0.25) is 0 Å². The Morgan fingerprint density at radius 3 is 2.67 bits per heavy atom. The van der Waals surface area contributed by atoms with Gasteiger partial charge in [-0.2, -0.15) is 0 Å². The molecule has 0 aromatic carbocycles. The SMILES string of the molecule is CCCC(C)CNCCOCC. The largest absolute Gasteiger partial charge is 0.380 e. The van der Waals surface area contributed by atoms with Crippen LogP contribution in [-0.2, 0) is 4.74 Å². The van der Waals surface area contributed by atoms with Crippen LogP contribution in [0, 0.1) is 5.92 Å². The van der Waals surface area contributed by atoms with Crippen molar-refractivity contribution in [3.05, 3.63) is 0 Å². The highest BCUT2D eigenvalue weighted by Crippen LogP contribution is 2.01. The van der Waals surface area contributed by atoms with Crippen molar-refractivity contribution in [3.63, 3.8) is 0 Å². The van der Waals surface area contributed by atoms with Gasteiger partial charge in [0.25, 0.3) is 0 Å². The van der Waals surface area contributed by atoms with E-state index in [1.54, 1.807) is 0 Å². The molecule has 0 aromatic rings. The van der Waals surface area contributed by atoms with Crippen LogP contribution in [-0.4, -0.2) is 26.3 Å². The highest BCUT2D eigenvalue weighted by atomic mass is 16.5. The summed E-state index contributed by atoms with van der Waals surface area (Å²) in [7, 11) is 0. The molecule has 0 saturated carbocycles. The first-order valence-electron chi connectivity index (χ1n) is 5.09. The van der Waals surface area contributed by atoms with Crippen LogP contribution in [0.1, 0.15) is 33.6 Å². The van der Waals surface area contributed by atoms with E-state index in [1.807, 2.05) is 6.92 Å². The lowest BCUT2D eigenvalue weighted by molar-refractivity contribution is 0.148. The van der Waals surface area contributed by atoms with Crippen molar-refractivity contribution >= 4 is 0 Å². The molecule has 0 aliphatic heterocycles. The predicted molar refractivity (Wildman–Crippen MR) is 53.4 cm³/mol. The zero-order chi connectivity index (χ0) is 9.23. The van der Waals surface area contributed by atoms with Crippen LogP contribution in [0.2, 0.25) is 0 Å². The molecule has 0 rings (SSSR count). The molecule has 1 N–H and O–H groups in total. The summed E-state index contributed by atoms with van der Waals surface area (Å²) in [6.07, 6.45) is 2.61. The first-order chi connectivity index (χ1) is 5.81. The molecule has 0 heterocycles. The Balaban J connectivity index is 2.97. The number of nitrogens with one attached hydrogen (secondary N) is 1. The minimum atomic E-state index is 0.802. The summed E-state index contributed by atoms with van der Waals surface area (Å²) in [6, 6.07) is 0. The molecule has 0 aliphatic rings. The van der Waals surface area contributed by atoms with E-state index in [9.17, 15) is 0 Å². The average molecular weight is 173 g/mol. The van der Waals surface area contributed by atoms with Crippen molar-refractivity contribution in [1.82, 2.24) is 5.32 Å². The third kappa shape index (κ3) is 8.02. The lowest BCUT2D eigenvalue weighted by Crippen LogP contribution is -2.25. The first-order valence-corrected chi connectivity index (χ1v) is 5.09. The van der Waals surface area contributed by atoms with Crippen molar-refractivity contribution in [3.8, 4) is 0 Å². The molecule has 0 aliphatic carbocycles. The van der Waals surface area contributed by atoms with Crippen LogP contribution < -0.4 is 5.32 Å². The summed E-state index contributed by atoms with van der Waals surface area (Å²) in [6.45, 7) is 10.3. The summed E-state index contributed by atoms with van der Waals surface area (Å²) in [5, 5.41) is 3.38. The van der Waals surface area contributed by atoms with Gasteiger partial charge in [-0.3, -0.25) is 0 Å². The standard InChI is InChI=1S/C10H23NO/c1-4-6-10(3)9-11-7-8-12-5-2/h10-11H,4-9H2,1-3H3. The maximum atomic E-state index is 5.21. The molecule has 0 bridgehead atoms. The van der Waals surface area contributed by atoms with E-state index < -0.39 is 0 Å². The maximum absolute atomic E-state index is 5.21. The highest BCUT2D eigenvalue weighted by molar-refractivity contribution is 4.55. The molecule has 0 spiro atoms. The molecular formula is C10H23NO. The molecule has 1 unspecified atom stereocenters. The van der Waals surface area contributed by atoms with Crippen molar-refractivity contribution in [2.45, 2.75) is 33.6 Å². The Bertz CT molecular complexity index is 85.9. The zero-order valence-corrected chi connectivity index (χ0v) is 8.73. The first kappa shape index (κ1) is 11.9. The van der Waals surface area contributed by atoms with Crippen molar-refractivity contribution < 1.29 is 4.74 Å². The topological polar surface area (TPSA) is 21.3 Å². The fourth-order valence-corrected chi connectivity index (χ4v) is 1.23. The van der Waals surface area contributed by atoms with E-state index in [4.69, 9.17) is 4.74 Å². The van der Waals surface area contributed by atoms with Gasteiger partial charge in [-0.05, 0) is 25.8 Å². The molecule has 0 amide bonds. The minimum Gasteiger partial charge on any atom is -0.380 e. The van der Waals surface area contributed by atoms with Gasteiger partial charge in [0.1, 0.15) is 0 Å². The molecule has 74 valence electrons. The van der Waals surface area contributed by atoms with Gasteiger partial charge in [-0.25, -0.2) is 0 Å². The van der Waals surface area contributed by atoms with Crippen molar-refractivity contribution in [2.24, 2.45) is 5.92 Å². The highest BCUT2D eigenvalue weighted by Gasteiger charge is 1.98. The molecule has 0 saturated heterocycles. The fourth-order valence-electron chi connectivity index (χ4n) is 1.23. The smallest absolute Gasteiger partial charge is 0.0590 e. The summed E-state index contributed by atoms with van der Waals surface area (Å²) < 4.78 is 5.21. The second-order valence-electron chi connectivity index (χ2n) is 3.29. The van der Waals surface area contributed by atoms with Crippen LogP contribution in [0.15, 0.2) is 0 Å². The summed E-state index contributed by atoms with van der Waals surface area (Å²) in [4.78, 5) is 0. The maximum Gasteiger partial charge on any atom is 0.0590 e. The van der Waals surface area contributed by atoms with Crippen molar-refractivity contribution in [1.29, 1.82) is 0 Å². The van der Waals surface area contributed by atoms with E-state index in [2.05, 4.69) is 19.2 Å². The van der Waals surface area contributed by atoms with Gasteiger partial charge in [-0.15, -0.1) is 0 Å². The quantitative estimate of drug-likeness (QED) is 0.567. The third-order valence-electron chi connectivity index (χ3n) is 1.90. The van der Waals surface area contributed by atoms with Gasteiger partial charge < -0.3 is 10.1 Å². The number of hydrogen-bond acceptors (Lipinski definition) is 2. The minimum absolute atomic E-state index is 0.802. The number of hydrogen-bond donors (Lipinski definition) is 1.